The molecule has 4 rings (SSSR count). The number of halogens is 1. The van der Waals surface area contributed by atoms with Crippen LogP contribution in [0.1, 0.15) is 90.4 Å². The van der Waals surface area contributed by atoms with Crippen molar-refractivity contribution in [1.29, 1.82) is 5.41 Å². The highest BCUT2D eigenvalue weighted by Crippen LogP contribution is 2.31. The molecule has 0 bridgehead atoms. The average Bonchev–Trinajstić information content (AvgIpc) is 3.20. The van der Waals surface area contributed by atoms with Crippen LogP contribution in [0, 0.1) is 14.9 Å². The van der Waals surface area contributed by atoms with Gasteiger partial charge in [0.15, 0.2) is 5.78 Å². The molecule has 0 spiro atoms. The Morgan fingerprint density at radius 2 is 1.76 bits per heavy atom. The average molecular weight is 677 g/mol. The molecule has 224 valence electrons. The van der Waals surface area contributed by atoms with E-state index in [9.17, 15) is 14.4 Å². The second-order valence-corrected chi connectivity index (χ2v) is 12.9. The number of likely N-dealkylation sites (tertiary alicyclic amines) is 1. The van der Waals surface area contributed by atoms with Gasteiger partial charge in [0.05, 0.1) is 16.2 Å². The second kappa shape index (κ2) is 15.7. The number of carbonyl (C=O) groups excluding carboxylic acids is 3. The Balaban J connectivity index is 1.21. The first-order valence-corrected chi connectivity index (χ1v) is 16.4. The van der Waals surface area contributed by atoms with E-state index in [1.807, 2.05) is 18.2 Å². The molecule has 2 aliphatic carbocycles. The van der Waals surface area contributed by atoms with Gasteiger partial charge in [0, 0.05) is 43.7 Å². The van der Waals surface area contributed by atoms with E-state index < -0.39 is 0 Å². The highest BCUT2D eigenvalue weighted by molar-refractivity contribution is 14.1. The normalized spacial score (nSPS) is 22.0. The summed E-state index contributed by atoms with van der Waals surface area (Å²) in [5.41, 5.74) is 1.71. The van der Waals surface area contributed by atoms with Gasteiger partial charge in [-0.05, 0) is 111 Å². The van der Waals surface area contributed by atoms with Crippen LogP contribution in [0.4, 0.5) is 0 Å². The SMILES string of the molecule is CC(=O)NC1CCN(C(=O)C(=N)C2=C(NCC(=O)CCC3CCCC(Oc4ccccc4I)CC3)CCCC2)CC1. The maximum Gasteiger partial charge on any atom is 0.272 e. The fourth-order valence-electron chi connectivity index (χ4n) is 6.31. The Hall–Kier alpha value is -2.43. The number of ether oxygens (including phenoxy) is 1. The lowest BCUT2D eigenvalue weighted by molar-refractivity contribution is -0.125. The number of ketones is 1. The van der Waals surface area contributed by atoms with E-state index in [2.05, 4.69) is 39.3 Å². The van der Waals surface area contributed by atoms with Crippen molar-refractivity contribution in [1.82, 2.24) is 15.5 Å². The molecule has 1 heterocycles. The third kappa shape index (κ3) is 9.54. The van der Waals surface area contributed by atoms with Crippen molar-refractivity contribution in [2.75, 3.05) is 19.6 Å². The lowest BCUT2D eigenvalue weighted by Crippen LogP contribution is -2.48. The molecule has 9 heteroatoms. The molecule has 3 N–H and O–H groups in total. The van der Waals surface area contributed by atoms with Crippen LogP contribution in [0.15, 0.2) is 35.5 Å². The van der Waals surface area contributed by atoms with Gasteiger partial charge in [-0.3, -0.25) is 19.8 Å². The zero-order valence-electron chi connectivity index (χ0n) is 24.3. The zero-order chi connectivity index (χ0) is 29.2. The maximum atomic E-state index is 13.1. The number of para-hydroxylation sites is 1. The Morgan fingerprint density at radius 3 is 2.51 bits per heavy atom. The van der Waals surface area contributed by atoms with E-state index >= 15 is 0 Å². The highest BCUT2D eigenvalue weighted by atomic mass is 127. The molecule has 1 aliphatic heterocycles. The van der Waals surface area contributed by atoms with E-state index in [1.165, 1.54) is 6.92 Å². The molecule has 1 saturated carbocycles. The third-order valence-electron chi connectivity index (χ3n) is 8.67. The van der Waals surface area contributed by atoms with Crippen LogP contribution in [0.5, 0.6) is 5.75 Å². The minimum atomic E-state index is -0.244. The first kappa shape index (κ1) is 31.5. The Kier molecular flexibility index (Phi) is 12.1. The molecule has 2 amide bonds. The quantitative estimate of drug-likeness (QED) is 0.162. The van der Waals surface area contributed by atoms with Crippen LogP contribution >= 0.6 is 22.6 Å². The molecule has 1 aromatic rings. The number of piperidine rings is 1. The van der Waals surface area contributed by atoms with Crippen LogP contribution < -0.4 is 15.4 Å². The van der Waals surface area contributed by atoms with Crippen LogP contribution in [0.2, 0.25) is 0 Å². The van der Waals surface area contributed by atoms with Gasteiger partial charge in [0.2, 0.25) is 5.91 Å². The number of allylic oxidation sites excluding steroid dienone is 1. The van der Waals surface area contributed by atoms with Gasteiger partial charge < -0.3 is 20.3 Å². The zero-order valence-corrected chi connectivity index (χ0v) is 26.5. The summed E-state index contributed by atoms with van der Waals surface area (Å²) in [6.07, 6.45) is 12.0. The van der Waals surface area contributed by atoms with Gasteiger partial charge in [-0.2, -0.15) is 0 Å². The molecule has 2 atom stereocenters. The first-order valence-electron chi connectivity index (χ1n) is 15.3. The molecule has 3 aliphatic rings. The largest absolute Gasteiger partial charge is 0.489 e. The highest BCUT2D eigenvalue weighted by Gasteiger charge is 2.29. The lowest BCUT2D eigenvalue weighted by Gasteiger charge is -2.33. The van der Waals surface area contributed by atoms with Crippen molar-refractivity contribution in [3.63, 3.8) is 0 Å². The van der Waals surface area contributed by atoms with Gasteiger partial charge in [0.1, 0.15) is 11.5 Å². The monoisotopic (exact) mass is 676 g/mol. The number of rotatable bonds is 11. The number of carbonyl (C=O) groups is 3. The minimum Gasteiger partial charge on any atom is -0.489 e. The fourth-order valence-corrected chi connectivity index (χ4v) is 6.82. The third-order valence-corrected chi connectivity index (χ3v) is 9.56. The molecule has 1 saturated heterocycles. The van der Waals surface area contributed by atoms with Crippen molar-refractivity contribution < 1.29 is 19.1 Å². The number of Topliss-reactive ketones (excluding diaryl/α,β-unsaturated/α-hetero) is 1. The maximum absolute atomic E-state index is 13.1. The number of nitrogens with one attached hydrogen (secondary N) is 3. The molecule has 41 heavy (non-hydrogen) atoms. The van der Waals surface area contributed by atoms with E-state index in [-0.39, 0.29) is 42.0 Å². The smallest absolute Gasteiger partial charge is 0.272 e. The molecule has 8 nitrogen and oxygen atoms in total. The molecule has 0 radical (unpaired) electrons. The number of nitrogens with zero attached hydrogens (tertiary/aromatic N) is 1. The van der Waals surface area contributed by atoms with Crippen LogP contribution in [-0.2, 0) is 14.4 Å². The molecule has 2 fully saturated rings. The lowest BCUT2D eigenvalue weighted by atomic mass is 9.91. The first-order chi connectivity index (χ1) is 19.8. The summed E-state index contributed by atoms with van der Waals surface area (Å²) < 4.78 is 7.44. The minimum absolute atomic E-state index is 0.0497. The summed E-state index contributed by atoms with van der Waals surface area (Å²) in [5.74, 6) is 1.41. The molecular weight excluding hydrogens is 631 g/mol. The number of amides is 2. The predicted octanol–water partition coefficient (Wildman–Crippen LogP) is 5.53. The van der Waals surface area contributed by atoms with E-state index in [0.717, 1.165) is 78.4 Å². The van der Waals surface area contributed by atoms with Crippen molar-refractivity contribution in [3.05, 3.63) is 39.1 Å². The molecule has 2 unspecified atom stereocenters. The number of benzene rings is 1. The van der Waals surface area contributed by atoms with Crippen molar-refractivity contribution in [2.24, 2.45) is 5.92 Å². The van der Waals surface area contributed by atoms with E-state index in [4.69, 9.17) is 10.1 Å². The summed E-state index contributed by atoms with van der Waals surface area (Å²) in [5, 5.41) is 14.9. The molecule has 0 aromatic heterocycles. The van der Waals surface area contributed by atoms with Crippen LogP contribution in [-0.4, -0.2) is 60.0 Å². The van der Waals surface area contributed by atoms with Crippen molar-refractivity contribution in [2.45, 2.75) is 103 Å². The summed E-state index contributed by atoms with van der Waals surface area (Å²) in [6, 6.07) is 8.25. The van der Waals surface area contributed by atoms with E-state index in [1.54, 1.807) is 4.90 Å². The molecule has 1 aromatic carbocycles. The summed E-state index contributed by atoms with van der Waals surface area (Å²) in [6.45, 7) is 2.85. The predicted molar refractivity (Wildman–Crippen MR) is 169 cm³/mol. The van der Waals surface area contributed by atoms with Crippen molar-refractivity contribution in [3.8, 4) is 5.75 Å². The Bertz CT molecular complexity index is 1130. The standard InChI is InChI=1S/C32H45IN4O4/c1-22(38)36-24-17-19-37(20-18-24)32(40)31(34)27-9-2-4-11-29(27)35-21-25(39)15-13-23-7-6-8-26(16-14-23)41-30-12-5-3-10-28(30)33/h3,5,10,12,23-24,26,34-35H,2,4,6-9,11,13-21H2,1H3,(H,36,38). The van der Waals surface area contributed by atoms with Gasteiger partial charge in [-0.15, -0.1) is 0 Å². The Morgan fingerprint density at radius 1 is 1.00 bits per heavy atom. The van der Waals surface area contributed by atoms with Crippen LogP contribution in [0.3, 0.4) is 0 Å². The van der Waals surface area contributed by atoms with Crippen LogP contribution in [0.25, 0.3) is 0 Å². The summed E-state index contributed by atoms with van der Waals surface area (Å²) in [7, 11) is 0. The number of hydrogen-bond acceptors (Lipinski definition) is 6. The van der Waals surface area contributed by atoms with Gasteiger partial charge >= 0.3 is 0 Å². The summed E-state index contributed by atoms with van der Waals surface area (Å²) >= 11 is 2.32. The summed E-state index contributed by atoms with van der Waals surface area (Å²) in [4.78, 5) is 39.0. The van der Waals surface area contributed by atoms with Crippen molar-refractivity contribution >= 4 is 45.9 Å². The van der Waals surface area contributed by atoms with Gasteiger partial charge in [-0.25, -0.2) is 0 Å². The van der Waals surface area contributed by atoms with E-state index in [0.29, 0.717) is 44.7 Å². The van der Waals surface area contributed by atoms with Gasteiger partial charge in [0.25, 0.3) is 5.91 Å². The fraction of sp³-hybridized carbons (Fsp3) is 0.625. The topological polar surface area (TPSA) is 112 Å². The number of hydrogen-bond donors (Lipinski definition) is 3. The van der Waals surface area contributed by atoms with Gasteiger partial charge in [-0.1, -0.05) is 18.6 Å². The molecular formula is C32H45IN4O4. The second-order valence-electron chi connectivity index (χ2n) is 11.8. The Labute approximate surface area is 258 Å².